The number of rotatable bonds is 7. The quantitative estimate of drug-likeness (QED) is 0.778. The van der Waals surface area contributed by atoms with Crippen molar-refractivity contribution in [1.82, 2.24) is 0 Å². The van der Waals surface area contributed by atoms with Gasteiger partial charge in [-0.2, -0.15) is 0 Å². The van der Waals surface area contributed by atoms with Crippen LogP contribution in [-0.2, 0) is 11.2 Å². The Morgan fingerprint density at radius 2 is 1.94 bits per heavy atom. The minimum absolute atomic E-state index is 0.205. The lowest BCUT2D eigenvalue weighted by molar-refractivity contribution is -0.142. The maximum Gasteiger partial charge on any atom is 0.306 e. The molecule has 0 bridgehead atoms. The molecule has 0 aliphatic rings. The third-order valence-corrected chi connectivity index (χ3v) is 3.13. The van der Waals surface area contributed by atoms with Crippen LogP contribution in [-0.4, -0.2) is 16.4 Å². The molecule has 3 heteroatoms. The number of hydrogen-bond donors (Lipinski definition) is 1. The zero-order chi connectivity index (χ0) is 11.8. The Labute approximate surface area is 105 Å². The van der Waals surface area contributed by atoms with Gasteiger partial charge in [0.25, 0.3) is 0 Å². The van der Waals surface area contributed by atoms with Gasteiger partial charge in [-0.3, -0.25) is 4.79 Å². The Kier molecular flexibility index (Phi) is 6.16. The van der Waals surface area contributed by atoms with Gasteiger partial charge in [-0.25, -0.2) is 0 Å². The van der Waals surface area contributed by atoms with E-state index in [4.69, 9.17) is 5.11 Å². The topological polar surface area (TPSA) is 37.3 Å². The fourth-order valence-corrected chi connectivity index (χ4v) is 2.27. The summed E-state index contributed by atoms with van der Waals surface area (Å²) in [5, 5.41) is 9.74. The van der Waals surface area contributed by atoms with Gasteiger partial charge in [-0.15, -0.1) is 0 Å². The summed E-state index contributed by atoms with van der Waals surface area (Å²) in [5.74, 6) is -0.879. The number of carboxylic acids is 1. The van der Waals surface area contributed by atoms with Gasteiger partial charge in [0.2, 0.25) is 0 Å². The minimum Gasteiger partial charge on any atom is -0.481 e. The second-order valence-corrected chi connectivity index (χ2v) is 4.68. The van der Waals surface area contributed by atoms with Gasteiger partial charge in [-0.1, -0.05) is 46.3 Å². The summed E-state index contributed by atoms with van der Waals surface area (Å²) in [4.78, 5) is 10.9. The first-order chi connectivity index (χ1) is 7.74. The van der Waals surface area contributed by atoms with Crippen LogP contribution < -0.4 is 0 Å². The standard InChI is InChI=1S/C13H17BrO2/c14-10-9-12(13(15)16)8-4-7-11-5-2-1-3-6-11/h1-3,5-6,12H,4,7-10H2,(H,15,16). The highest BCUT2D eigenvalue weighted by Crippen LogP contribution is 2.15. The van der Waals surface area contributed by atoms with Crippen LogP contribution in [0.5, 0.6) is 0 Å². The van der Waals surface area contributed by atoms with Crippen molar-refractivity contribution in [2.24, 2.45) is 5.92 Å². The normalized spacial score (nSPS) is 12.3. The average molecular weight is 285 g/mol. The summed E-state index contributed by atoms with van der Waals surface area (Å²) in [5.41, 5.74) is 1.28. The van der Waals surface area contributed by atoms with E-state index in [1.54, 1.807) is 0 Å². The summed E-state index contributed by atoms with van der Waals surface area (Å²) in [6, 6.07) is 10.2. The van der Waals surface area contributed by atoms with Crippen molar-refractivity contribution in [3.05, 3.63) is 35.9 Å². The first kappa shape index (κ1) is 13.2. The number of halogens is 1. The molecule has 2 nitrogen and oxygen atoms in total. The number of benzene rings is 1. The molecular formula is C13H17BrO2. The van der Waals surface area contributed by atoms with Gasteiger partial charge >= 0.3 is 5.97 Å². The monoisotopic (exact) mass is 284 g/mol. The summed E-state index contributed by atoms with van der Waals surface area (Å²) in [6.45, 7) is 0. The fourth-order valence-electron chi connectivity index (χ4n) is 1.72. The Morgan fingerprint density at radius 1 is 1.25 bits per heavy atom. The number of aryl methyl sites for hydroxylation is 1. The molecule has 0 aliphatic carbocycles. The van der Waals surface area contributed by atoms with Crippen LogP contribution in [0.15, 0.2) is 30.3 Å². The van der Waals surface area contributed by atoms with Crippen LogP contribution in [0, 0.1) is 5.92 Å². The fraction of sp³-hybridized carbons (Fsp3) is 0.462. The molecule has 0 amide bonds. The second-order valence-electron chi connectivity index (χ2n) is 3.89. The van der Waals surface area contributed by atoms with E-state index in [1.165, 1.54) is 5.56 Å². The van der Waals surface area contributed by atoms with Gasteiger partial charge in [0, 0.05) is 5.33 Å². The zero-order valence-corrected chi connectivity index (χ0v) is 10.8. The highest BCUT2D eigenvalue weighted by Gasteiger charge is 2.15. The van der Waals surface area contributed by atoms with E-state index >= 15 is 0 Å². The number of carboxylic acid groups (broad SMARTS) is 1. The second kappa shape index (κ2) is 7.44. The molecule has 0 saturated carbocycles. The smallest absolute Gasteiger partial charge is 0.306 e. The molecule has 0 spiro atoms. The first-order valence-corrected chi connectivity index (χ1v) is 6.69. The molecule has 1 atom stereocenters. The predicted molar refractivity (Wildman–Crippen MR) is 68.9 cm³/mol. The van der Waals surface area contributed by atoms with Crippen molar-refractivity contribution in [3.8, 4) is 0 Å². The molecule has 0 aliphatic heterocycles. The number of alkyl halides is 1. The maximum absolute atomic E-state index is 10.9. The van der Waals surface area contributed by atoms with Gasteiger partial charge in [-0.05, 0) is 31.2 Å². The van der Waals surface area contributed by atoms with Crippen LogP contribution in [0.4, 0.5) is 0 Å². The van der Waals surface area contributed by atoms with Crippen LogP contribution >= 0.6 is 15.9 Å². The summed E-state index contributed by atoms with van der Waals surface area (Å²) in [6.07, 6.45) is 3.38. The van der Waals surface area contributed by atoms with E-state index < -0.39 is 5.97 Å². The highest BCUT2D eigenvalue weighted by molar-refractivity contribution is 9.09. The average Bonchev–Trinajstić information content (AvgIpc) is 2.29. The number of carbonyl (C=O) groups is 1. The van der Waals surface area contributed by atoms with Crippen molar-refractivity contribution in [2.45, 2.75) is 25.7 Å². The van der Waals surface area contributed by atoms with Gasteiger partial charge in [0.1, 0.15) is 0 Å². The molecule has 0 fully saturated rings. The Bertz CT molecular complexity index is 311. The maximum atomic E-state index is 10.9. The van der Waals surface area contributed by atoms with E-state index in [0.717, 1.165) is 24.6 Å². The molecule has 1 N–H and O–H groups in total. The van der Waals surface area contributed by atoms with Crippen LogP contribution in [0.1, 0.15) is 24.8 Å². The van der Waals surface area contributed by atoms with E-state index in [2.05, 4.69) is 28.1 Å². The largest absolute Gasteiger partial charge is 0.481 e. The lowest BCUT2D eigenvalue weighted by Crippen LogP contribution is -2.14. The Hall–Kier alpha value is -0.830. The molecule has 0 radical (unpaired) electrons. The summed E-state index contributed by atoms with van der Waals surface area (Å²) in [7, 11) is 0. The number of aliphatic carboxylic acids is 1. The van der Waals surface area contributed by atoms with Crippen LogP contribution in [0.3, 0.4) is 0 Å². The van der Waals surface area contributed by atoms with E-state index in [0.29, 0.717) is 6.42 Å². The van der Waals surface area contributed by atoms with Crippen LogP contribution in [0.2, 0.25) is 0 Å². The molecular weight excluding hydrogens is 268 g/mol. The molecule has 1 aromatic carbocycles. The SMILES string of the molecule is O=C(O)C(CCBr)CCCc1ccccc1. The summed E-state index contributed by atoms with van der Waals surface area (Å²) >= 11 is 3.29. The van der Waals surface area contributed by atoms with E-state index in [1.807, 2.05) is 18.2 Å². The zero-order valence-electron chi connectivity index (χ0n) is 9.23. The lowest BCUT2D eigenvalue weighted by Gasteiger charge is -2.10. The Balaban J connectivity index is 2.31. The van der Waals surface area contributed by atoms with Gasteiger partial charge in [0.05, 0.1) is 5.92 Å². The molecule has 16 heavy (non-hydrogen) atoms. The van der Waals surface area contributed by atoms with Crippen LogP contribution in [0.25, 0.3) is 0 Å². The van der Waals surface area contributed by atoms with E-state index in [9.17, 15) is 4.79 Å². The number of hydrogen-bond acceptors (Lipinski definition) is 1. The van der Waals surface area contributed by atoms with Gasteiger partial charge < -0.3 is 5.11 Å². The first-order valence-electron chi connectivity index (χ1n) is 5.56. The van der Waals surface area contributed by atoms with Gasteiger partial charge in [0.15, 0.2) is 0 Å². The third-order valence-electron chi connectivity index (χ3n) is 2.67. The molecule has 1 aromatic rings. The molecule has 1 unspecified atom stereocenters. The molecule has 1 rings (SSSR count). The van der Waals surface area contributed by atoms with Crippen molar-refractivity contribution in [1.29, 1.82) is 0 Å². The minimum atomic E-state index is -0.674. The van der Waals surface area contributed by atoms with Crippen molar-refractivity contribution >= 4 is 21.9 Å². The molecule has 0 saturated heterocycles. The molecule has 0 heterocycles. The van der Waals surface area contributed by atoms with Crippen molar-refractivity contribution < 1.29 is 9.90 Å². The van der Waals surface area contributed by atoms with Crippen molar-refractivity contribution in [2.75, 3.05) is 5.33 Å². The Morgan fingerprint density at radius 3 is 2.50 bits per heavy atom. The highest BCUT2D eigenvalue weighted by atomic mass is 79.9. The lowest BCUT2D eigenvalue weighted by atomic mass is 9.97. The van der Waals surface area contributed by atoms with E-state index in [-0.39, 0.29) is 5.92 Å². The third kappa shape index (κ3) is 4.79. The molecule has 88 valence electrons. The molecule has 0 aromatic heterocycles. The summed E-state index contributed by atoms with van der Waals surface area (Å²) < 4.78 is 0. The predicted octanol–water partition coefficient (Wildman–Crippen LogP) is 3.50. The van der Waals surface area contributed by atoms with Crippen molar-refractivity contribution in [3.63, 3.8) is 0 Å².